The van der Waals surface area contributed by atoms with Crippen molar-refractivity contribution in [3.8, 4) is 0 Å². The predicted molar refractivity (Wildman–Crippen MR) is 240 cm³/mol. The van der Waals surface area contributed by atoms with E-state index in [9.17, 15) is 55.9 Å². The highest BCUT2D eigenvalue weighted by Gasteiger charge is 2.47. The average molecular weight is 906 g/mol. The van der Waals surface area contributed by atoms with Crippen LogP contribution in [-0.2, 0) is 23.7 Å². The van der Waals surface area contributed by atoms with Gasteiger partial charge >= 0.3 is 5.97 Å². The molecule has 0 aromatic carbocycles. The first-order chi connectivity index (χ1) is 30.2. The second-order valence-electron chi connectivity index (χ2n) is 17.5. The van der Waals surface area contributed by atoms with Crippen LogP contribution >= 0.6 is 0 Å². The number of esters is 1. The Morgan fingerprint density at radius 2 is 1.25 bits per heavy atom. The molecule has 0 radical (unpaired) electrons. The minimum absolute atomic E-state index is 0.0107. The molecular weight excluding hydrogens is 831 g/mol. The second-order valence-corrected chi connectivity index (χ2v) is 17.5. The summed E-state index contributed by atoms with van der Waals surface area (Å²) in [5, 5.41) is 108. The molecule has 3 aliphatic heterocycles. The van der Waals surface area contributed by atoms with Crippen molar-refractivity contribution in [1.82, 2.24) is 0 Å². The first kappa shape index (κ1) is 55.2. The number of fused-ring (bicyclic) bond motifs is 2. The molecule has 64 heavy (non-hydrogen) atoms. The number of aliphatic hydroxyl groups is 10. The van der Waals surface area contributed by atoms with Gasteiger partial charge in [-0.05, 0) is 33.1 Å². The number of carbonyl (C=O) groups excluding carboxylic acids is 1. The van der Waals surface area contributed by atoms with Crippen LogP contribution in [0.25, 0.3) is 0 Å². The minimum Gasteiger partial charge on any atom is -0.462 e. The molecular formula is C48H75NO15. The van der Waals surface area contributed by atoms with Crippen LogP contribution in [0.3, 0.4) is 0 Å². The molecule has 2 bridgehead atoms. The van der Waals surface area contributed by atoms with E-state index in [1.807, 2.05) is 61.6 Å². The fraction of sp³-hybridized carbons (Fsp3) is 0.646. The predicted octanol–water partition coefficient (Wildman–Crippen LogP) is 1.81. The van der Waals surface area contributed by atoms with Crippen LogP contribution in [0.4, 0.5) is 0 Å². The van der Waals surface area contributed by atoms with Crippen LogP contribution in [0.1, 0.15) is 79.1 Å². The number of rotatable bonds is 3. The largest absolute Gasteiger partial charge is 0.462 e. The SMILES string of the molecule is C=C[C@H]1[C@@H]2C[C@@H](O[C@@H]3O[C@H](C)[C@@H](O)[C@H](N)[C@@H]3O)C=CC=CC=CC=CC=CC=CC=C[C@H](C)[C@@H](O)[C@@H](C)[C@H](C)OC(=O)C[C@H](O)C[C@H](O)CC[C@@H](O)[C@H](O)C[C@H](O)C[C@](O)(C[C@@H]1O)O2. The first-order valence-corrected chi connectivity index (χ1v) is 22.3. The van der Waals surface area contributed by atoms with E-state index in [0.29, 0.717) is 0 Å². The van der Waals surface area contributed by atoms with Gasteiger partial charge in [0, 0.05) is 43.4 Å². The summed E-state index contributed by atoms with van der Waals surface area (Å²) < 4.78 is 23.6. The smallest absolute Gasteiger partial charge is 0.308 e. The molecule has 0 spiro atoms. The third kappa shape index (κ3) is 18.2. The van der Waals surface area contributed by atoms with Gasteiger partial charge in [0.25, 0.3) is 0 Å². The number of hydrogen-bond acceptors (Lipinski definition) is 16. The molecule has 16 heteroatoms. The van der Waals surface area contributed by atoms with E-state index in [1.54, 1.807) is 51.2 Å². The lowest BCUT2D eigenvalue weighted by Gasteiger charge is -2.46. The zero-order chi connectivity index (χ0) is 47.6. The van der Waals surface area contributed by atoms with E-state index < -0.39 is 135 Å². The van der Waals surface area contributed by atoms with E-state index in [0.717, 1.165) is 0 Å². The molecule has 19 atom stereocenters. The van der Waals surface area contributed by atoms with Gasteiger partial charge in [0.05, 0.1) is 79.6 Å². The monoisotopic (exact) mass is 906 g/mol. The van der Waals surface area contributed by atoms with Gasteiger partial charge in [0.1, 0.15) is 12.2 Å². The zero-order valence-electron chi connectivity index (χ0n) is 37.5. The fourth-order valence-corrected chi connectivity index (χ4v) is 7.98. The van der Waals surface area contributed by atoms with E-state index in [1.165, 1.54) is 6.08 Å². The van der Waals surface area contributed by atoms with Crippen molar-refractivity contribution in [3.63, 3.8) is 0 Å². The lowest BCUT2D eigenvalue weighted by atomic mass is 9.82. The van der Waals surface area contributed by atoms with Crippen LogP contribution in [0.15, 0.2) is 97.7 Å². The molecule has 0 aliphatic carbocycles. The van der Waals surface area contributed by atoms with Crippen molar-refractivity contribution in [2.75, 3.05) is 0 Å². The van der Waals surface area contributed by atoms with Crippen LogP contribution < -0.4 is 5.73 Å². The number of cyclic esters (lactones) is 1. The third-order valence-corrected chi connectivity index (χ3v) is 12.1. The van der Waals surface area contributed by atoms with Gasteiger partial charge in [0.2, 0.25) is 0 Å². The molecule has 0 amide bonds. The number of ether oxygens (including phenoxy) is 4. The Kier molecular flexibility index (Phi) is 23.7. The maximum atomic E-state index is 12.6. The summed E-state index contributed by atoms with van der Waals surface area (Å²) >= 11 is 0. The highest BCUT2D eigenvalue weighted by molar-refractivity contribution is 5.70. The van der Waals surface area contributed by atoms with Crippen LogP contribution in [0, 0.1) is 17.8 Å². The lowest BCUT2D eigenvalue weighted by Crippen LogP contribution is -2.61. The van der Waals surface area contributed by atoms with Gasteiger partial charge in [-0.25, -0.2) is 0 Å². The summed E-state index contributed by atoms with van der Waals surface area (Å²) in [5.41, 5.74) is 6.06. The fourth-order valence-electron chi connectivity index (χ4n) is 7.98. The van der Waals surface area contributed by atoms with Gasteiger partial charge < -0.3 is 75.7 Å². The van der Waals surface area contributed by atoms with Crippen molar-refractivity contribution in [3.05, 3.63) is 97.7 Å². The van der Waals surface area contributed by atoms with Gasteiger partial charge in [-0.3, -0.25) is 4.79 Å². The summed E-state index contributed by atoms with van der Waals surface area (Å²) in [6.45, 7) is 10.7. The Hall–Kier alpha value is -3.17. The molecule has 12 N–H and O–H groups in total. The molecule has 2 fully saturated rings. The summed E-state index contributed by atoms with van der Waals surface area (Å²) in [6.07, 6.45) is 8.82. The number of hydrogen-bond donors (Lipinski definition) is 11. The quantitative estimate of drug-likeness (QED) is 0.142. The number of aliphatic hydroxyl groups excluding tert-OH is 9. The van der Waals surface area contributed by atoms with Crippen molar-refractivity contribution in [2.24, 2.45) is 23.5 Å². The van der Waals surface area contributed by atoms with E-state index in [4.69, 9.17) is 24.7 Å². The van der Waals surface area contributed by atoms with E-state index >= 15 is 0 Å². The molecule has 3 rings (SSSR count). The van der Waals surface area contributed by atoms with E-state index in [-0.39, 0.29) is 38.0 Å². The topological polar surface area (TPSA) is 282 Å². The molecule has 2 saturated heterocycles. The lowest BCUT2D eigenvalue weighted by molar-refractivity contribution is -0.306. The Labute approximate surface area is 377 Å². The molecule has 0 unspecified atom stereocenters. The normalized spacial score (nSPS) is 42.5. The summed E-state index contributed by atoms with van der Waals surface area (Å²) in [5.74, 6) is -4.21. The first-order valence-electron chi connectivity index (χ1n) is 22.3. The second kappa shape index (κ2) is 27.5. The van der Waals surface area contributed by atoms with Crippen LogP contribution in [0.2, 0.25) is 0 Å². The van der Waals surface area contributed by atoms with Crippen molar-refractivity contribution in [1.29, 1.82) is 0 Å². The summed E-state index contributed by atoms with van der Waals surface area (Å²) in [6, 6.07) is -1.07. The summed E-state index contributed by atoms with van der Waals surface area (Å²) in [4.78, 5) is 12.6. The van der Waals surface area contributed by atoms with Gasteiger partial charge in [-0.2, -0.15) is 0 Å². The Balaban J connectivity index is 1.83. The van der Waals surface area contributed by atoms with E-state index in [2.05, 4.69) is 6.58 Å². The van der Waals surface area contributed by atoms with Crippen molar-refractivity contribution < 1.29 is 74.8 Å². The minimum atomic E-state index is -2.10. The molecule has 0 aromatic rings. The highest BCUT2D eigenvalue weighted by atomic mass is 16.7. The van der Waals surface area contributed by atoms with Gasteiger partial charge in [-0.15, -0.1) is 6.58 Å². The number of carbonyl (C=O) groups is 1. The Morgan fingerprint density at radius 1 is 0.672 bits per heavy atom. The average Bonchev–Trinajstić information content (AvgIpc) is 3.22. The van der Waals surface area contributed by atoms with Gasteiger partial charge in [-0.1, -0.05) is 105 Å². The summed E-state index contributed by atoms with van der Waals surface area (Å²) in [7, 11) is 0. The van der Waals surface area contributed by atoms with Crippen LogP contribution in [-0.4, -0.2) is 155 Å². The van der Waals surface area contributed by atoms with Crippen molar-refractivity contribution in [2.45, 2.75) is 177 Å². The zero-order valence-corrected chi connectivity index (χ0v) is 37.5. The molecule has 362 valence electrons. The maximum Gasteiger partial charge on any atom is 0.308 e. The highest BCUT2D eigenvalue weighted by Crippen LogP contribution is 2.38. The molecule has 3 heterocycles. The maximum absolute atomic E-state index is 12.6. The van der Waals surface area contributed by atoms with Gasteiger partial charge in [0.15, 0.2) is 12.1 Å². The number of allylic oxidation sites excluding steroid dienone is 12. The van der Waals surface area contributed by atoms with Crippen LogP contribution in [0.5, 0.6) is 0 Å². The Bertz CT molecular complexity index is 1610. The number of nitrogens with two attached hydrogens (primary N) is 1. The molecule has 0 saturated carbocycles. The Morgan fingerprint density at radius 3 is 1.84 bits per heavy atom. The molecule has 16 nitrogen and oxygen atoms in total. The molecule has 3 aliphatic rings. The molecule has 0 aromatic heterocycles. The third-order valence-electron chi connectivity index (χ3n) is 12.1. The standard InChI is InChI=1S/C48H75NO15/c1-6-37-40(55)28-48(60)27-35(52)24-39(54)38(53)22-21-33(50)23-34(51)25-42(56)61-31(4)30(3)44(57)29(2)19-17-15-13-11-9-7-8-10-12-14-16-18-20-36(26-41(37)64-48)63-47-46(59)43(49)45(58)32(5)62-47/h6-20,29-41,43-47,50-55,57-60H,1,21-28,49H2,2-5H3/t29-,30-,31-,32+,33+,34+,35-,36-,37+,38+,39+,40-,41-,43-,44+,45+,46-,47-,48+/m0/s1. The van der Waals surface area contributed by atoms with Crippen molar-refractivity contribution >= 4 is 5.97 Å².